The number of pyridine rings is 1. The Morgan fingerprint density at radius 1 is 1.15 bits per heavy atom. The van der Waals surface area contributed by atoms with Crippen molar-refractivity contribution in [2.75, 3.05) is 18.4 Å². The zero-order chi connectivity index (χ0) is 23.5. The molecule has 0 aliphatic carbocycles. The van der Waals surface area contributed by atoms with Crippen LogP contribution in [0.3, 0.4) is 0 Å². The van der Waals surface area contributed by atoms with Crippen molar-refractivity contribution in [2.24, 2.45) is 0 Å². The number of halogens is 2. The van der Waals surface area contributed by atoms with Crippen LogP contribution in [-0.4, -0.2) is 51.3 Å². The summed E-state index contributed by atoms with van der Waals surface area (Å²) in [6.45, 7) is 5.71. The predicted octanol–water partition coefficient (Wildman–Crippen LogP) is 4.48. The molecule has 1 fully saturated rings. The molecular formula is C24H27BrFN5O2. The Bertz CT molecular complexity index is 1170. The lowest BCUT2D eigenvalue weighted by Gasteiger charge is -2.39. The van der Waals surface area contributed by atoms with Crippen molar-refractivity contribution >= 4 is 39.1 Å². The number of fused-ring (bicyclic) bond motifs is 1. The normalized spacial score (nSPS) is 18.9. The van der Waals surface area contributed by atoms with Crippen LogP contribution in [0.25, 0.3) is 5.65 Å². The number of imidazole rings is 1. The molecule has 174 valence electrons. The monoisotopic (exact) mass is 515 g/mol. The molecule has 2 amide bonds. The number of hydrogen-bond donors (Lipinski definition) is 2. The number of likely N-dealkylation sites (tertiary alicyclic amines) is 1. The average molecular weight is 516 g/mol. The molecule has 33 heavy (non-hydrogen) atoms. The first-order valence-electron chi connectivity index (χ1n) is 11.1. The van der Waals surface area contributed by atoms with E-state index in [4.69, 9.17) is 0 Å². The van der Waals surface area contributed by atoms with E-state index < -0.39 is 11.7 Å². The molecule has 0 unspecified atom stereocenters. The van der Waals surface area contributed by atoms with Gasteiger partial charge in [0.05, 0.1) is 11.9 Å². The first kappa shape index (κ1) is 23.4. The number of nitrogens with zero attached hydrogens (tertiary/aromatic N) is 3. The van der Waals surface area contributed by atoms with Crippen molar-refractivity contribution in [3.05, 3.63) is 64.3 Å². The Balaban J connectivity index is 1.41. The fraction of sp³-hybridized carbons (Fsp3) is 0.375. The number of hydrogen-bond acceptors (Lipinski definition) is 4. The highest BCUT2D eigenvalue weighted by atomic mass is 79.9. The van der Waals surface area contributed by atoms with E-state index in [0.29, 0.717) is 24.3 Å². The number of benzene rings is 1. The van der Waals surface area contributed by atoms with Crippen LogP contribution in [0, 0.1) is 5.82 Å². The number of nitrogens with one attached hydrogen (secondary N) is 2. The molecule has 2 atom stereocenters. The van der Waals surface area contributed by atoms with Gasteiger partial charge >= 0.3 is 0 Å². The minimum absolute atomic E-state index is 0.0574. The summed E-state index contributed by atoms with van der Waals surface area (Å²) >= 11 is 3.37. The number of carbonyl (C=O) groups excluding carboxylic acids is 2. The minimum atomic E-state index is -0.618. The van der Waals surface area contributed by atoms with E-state index in [2.05, 4.69) is 50.3 Å². The van der Waals surface area contributed by atoms with Crippen LogP contribution >= 0.6 is 15.9 Å². The molecule has 9 heteroatoms. The first-order chi connectivity index (χ1) is 15.8. The number of anilines is 1. The van der Waals surface area contributed by atoms with E-state index in [0.717, 1.165) is 11.0 Å². The van der Waals surface area contributed by atoms with Gasteiger partial charge in [0.1, 0.15) is 17.2 Å². The Labute approximate surface area is 200 Å². The largest absolute Gasteiger partial charge is 0.351 e. The standard InChI is InChI=1S/C24H27BrFN5O2/c1-15-4-3-5-16(2)30(15)11-9-27-23(32)17-6-7-19(26)20(12-17)29-24(33)21-14-28-22-13-18(25)8-10-31(21)22/h6-8,10,12-16H,3-5,9,11H2,1-2H3,(H,27,32)(H,29,33)/t15-,16+. The van der Waals surface area contributed by atoms with E-state index in [-0.39, 0.29) is 22.9 Å². The minimum Gasteiger partial charge on any atom is -0.351 e. The number of carbonyl (C=O) groups is 2. The van der Waals surface area contributed by atoms with E-state index in [9.17, 15) is 14.0 Å². The SMILES string of the molecule is C[C@@H]1CCC[C@H](C)N1CCNC(=O)c1ccc(F)c(NC(=O)c2cnc3cc(Br)ccn23)c1. The molecule has 0 radical (unpaired) electrons. The maximum atomic E-state index is 14.4. The van der Waals surface area contributed by atoms with Crippen LogP contribution in [0.2, 0.25) is 0 Å². The fourth-order valence-electron chi connectivity index (χ4n) is 4.39. The number of rotatable bonds is 6. The topological polar surface area (TPSA) is 78.7 Å². The van der Waals surface area contributed by atoms with Crippen LogP contribution in [-0.2, 0) is 0 Å². The molecule has 1 aromatic carbocycles. The van der Waals surface area contributed by atoms with E-state index in [1.807, 2.05) is 0 Å². The Hall–Kier alpha value is -2.78. The van der Waals surface area contributed by atoms with Gasteiger partial charge in [-0.3, -0.25) is 18.9 Å². The molecule has 0 spiro atoms. The van der Waals surface area contributed by atoms with Crippen LogP contribution in [0.1, 0.15) is 54.0 Å². The highest BCUT2D eigenvalue weighted by molar-refractivity contribution is 9.10. The maximum Gasteiger partial charge on any atom is 0.274 e. The second-order valence-corrected chi connectivity index (χ2v) is 9.40. The third-order valence-electron chi connectivity index (χ3n) is 6.22. The fourth-order valence-corrected chi connectivity index (χ4v) is 4.71. The third-order valence-corrected chi connectivity index (χ3v) is 6.71. The van der Waals surface area contributed by atoms with Gasteiger partial charge in [0.2, 0.25) is 0 Å². The molecular weight excluding hydrogens is 489 g/mol. The van der Waals surface area contributed by atoms with Gasteiger partial charge in [-0.05, 0) is 57.0 Å². The van der Waals surface area contributed by atoms with Gasteiger partial charge in [0, 0.05) is 41.4 Å². The summed E-state index contributed by atoms with van der Waals surface area (Å²) < 4.78 is 16.8. The summed E-state index contributed by atoms with van der Waals surface area (Å²) in [5.41, 5.74) is 1.07. The molecule has 2 N–H and O–H groups in total. The summed E-state index contributed by atoms with van der Waals surface area (Å²) in [5.74, 6) is -1.44. The van der Waals surface area contributed by atoms with Crippen LogP contribution < -0.4 is 10.6 Å². The highest BCUT2D eigenvalue weighted by Gasteiger charge is 2.24. The van der Waals surface area contributed by atoms with Gasteiger partial charge in [-0.25, -0.2) is 9.37 Å². The van der Waals surface area contributed by atoms with Gasteiger partial charge in [-0.1, -0.05) is 22.4 Å². The Kier molecular flexibility index (Phi) is 7.09. The van der Waals surface area contributed by atoms with Crippen LogP contribution in [0.5, 0.6) is 0 Å². The Morgan fingerprint density at radius 2 is 1.91 bits per heavy atom. The molecule has 1 aliphatic heterocycles. The molecule has 3 heterocycles. The van der Waals surface area contributed by atoms with Crippen LogP contribution in [0.15, 0.2) is 47.2 Å². The first-order valence-corrected chi connectivity index (χ1v) is 11.9. The highest BCUT2D eigenvalue weighted by Crippen LogP contribution is 2.22. The quantitative estimate of drug-likeness (QED) is 0.507. The second-order valence-electron chi connectivity index (χ2n) is 8.49. The van der Waals surface area contributed by atoms with Gasteiger partial charge in [0.15, 0.2) is 0 Å². The third kappa shape index (κ3) is 5.25. The average Bonchev–Trinajstić information content (AvgIpc) is 3.20. The molecule has 0 bridgehead atoms. The van der Waals surface area contributed by atoms with Crippen molar-refractivity contribution in [2.45, 2.75) is 45.2 Å². The summed E-state index contributed by atoms with van der Waals surface area (Å²) in [4.78, 5) is 32.0. The molecule has 3 aromatic rings. The number of amides is 2. The predicted molar refractivity (Wildman–Crippen MR) is 129 cm³/mol. The van der Waals surface area contributed by atoms with Gasteiger partial charge in [-0.2, -0.15) is 0 Å². The molecule has 4 rings (SSSR count). The maximum absolute atomic E-state index is 14.4. The second kappa shape index (κ2) is 10.0. The van der Waals surface area contributed by atoms with Crippen molar-refractivity contribution in [1.29, 1.82) is 0 Å². The molecule has 7 nitrogen and oxygen atoms in total. The van der Waals surface area contributed by atoms with Crippen molar-refractivity contribution in [3.63, 3.8) is 0 Å². The van der Waals surface area contributed by atoms with E-state index in [1.54, 1.807) is 22.7 Å². The lowest BCUT2D eigenvalue weighted by molar-refractivity contribution is 0.0888. The van der Waals surface area contributed by atoms with Crippen molar-refractivity contribution in [3.8, 4) is 0 Å². The van der Waals surface area contributed by atoms with Gasteiger partial charge in [-0.15, -0.1) is 0 Å². The summed E-state index contributed by atoms with van der Waals surface area (Å²) in [5, 5.41) is 5.47. The molecule has 1 aliphatic rings. The van der Waals surface area contributed by atoms with Crippen molar-refractivity contribution < 1.29 is 14.0 Å². The van der Waals surface area contributed by atoms with E-state index in [1.165, 1.54) is 43.7 Å². The summed E-state index contributed by atoms with van der Waals surface area (Å²) in [6.07, 6.45) is 6.70. The van der Waals surface area contributed by atoms with Crippen LogP contribution in [0.4, 0.5) is 10.1 Å². The molecule has 0 saturated carbocycles. The van der Waals surface area contributed by atoms with Gasteiger partial charge < -0.3 is 10.6 Å². The number of aromatic nitrogens is 2. The van der Waals surface area contributed by atoms with Gasteiger partial charge in [0.25, 0.3) is 11.8 Å². The Morgan fingerprint density at radius 3 is 2.67 bits per heavy atom. The smallest absolute Gasteiger partial charge is 0.274 e. The summed E-state index contributed by atoms with van der Waals surface area (Å²) in [7, 11) is 0. The number of piperidine rings is 1. The lowest BCUT2D eigenvalue weighted by Crippen LogP contribution is -2.47. The zero-order valence-corrected chi connectivity index (χ0v) is 20.2. The zero-order valence-electron chi connectivity index (χ0n) is 18.6. The molecule has 1 saturated heterocycles. The summed E-state index contributed by atoms with van der Waals surface area (Å²) in [6, 6.07) is 8.51. The van der Waals surface area contributed by atoms with Crippen molar-refractivity contribution in [1.82, 2.24) is 19.6 Å². The van der Waals surface area contributed by atoms with E-state index >= 15 is 0 Å². The molecule has 2 aromatic heterocycles. The lowest BCUT2D eigenvalue weighted by atomic mass is 9.98.